The van der Waals surface area contributed by atoms with Crippen LogP contribution in [0, 0.1) is 12.7 Å². The van der Waals surface area contributed by atoms with E-state index in [4.69, 9.17) is 17.1 Å². The summed E-state index contributed by atoms with van der Waals surface area (Å²) in [4.78, 5) is 33.0. The third-order valence-corrected chi connectivity index (χ3v) is 7.53. The van der Waals surface area contributed by atoms with Gasteiger partial charge in [-0.1, -0.05) is 11.6 Å². The maximum atomic E-state index is 15.3. The molecule has 14 heteroatoms. The summed E-state index contributed by atoms with van der Waals surface area (Å²) in [6, 6.07) is 8.53. The molecule has 12 nitrogen and oxygen atoms in total. The number of aromatic hydroxyl groups is 1. The van der Waals surface area contributed by atoms with Gasteiger partial charge in [-0.05, 0) is 50.3 Å². The Morgan fingerprint density at radius 1 is 1.14 bits per heavy atom. The van der Waals surface area contributed by atoms with E-state index in [1.807, 2.05) is 36.9 Å². The topological polar surface area (TPSA) is 137 Å². The minimum absolute atomic E-state index is 0.0146. The van der Waals surface area contributed by atoms with Crippen molar-refractivity contribution in [2.75, 3.05) is 38.2 Å². The van der Waals surface area contributed by atoms with Gasteiger partial charge in [0.1, 0.15) is 11.4 Å². The second-order valence-corrected chi connectivity index (χ2v) is 10.3. The number of hydrogen-bond donors (Lipinski definition) is 3. The van der Waals surface area contributed by atoms with E-state index in [0.717, 1.165) is 22.5 Å². The van der Waals surface area contributed by atoms with E-state index >= 15 is 4.39 Å². The van der Waals surface area contributed by atoms with Crippen LogP contribution in [-0.4, -0.2) is 68.6 Å². The van der Waals surface area contributed by atoms with Crippen molar-refractivity contribution in [3.63, 3.8) is 0 Å². The average Bonchev–Trinajstić information content (AvgIpc) is 3.21. The number of hydroxylamine groups is 1. The average molecular weight is 596 g/mol. The highest BCUT2D eigenvalue weighted by atomic mass is 32.1. The monoisotopic (exact) mass is 595 g/mol. The lowest BCUT2D eigenvalue weighted by Crippen LogP contribution is -2.47. The molecule has 0 radical (unpaired) electrons. The minimum atomic E-state index is -1.34. The van der Waals surface area contributed by atoms with Crippen LogP contribution in [0.5, 0.6) is 5.88 Å². The molecule has 4 aromatic rings. The van der Waals surface area contributed by atoms with Gasteiger partial charge in [0.2, 0.25) is 16.4 Å². The summed E-state index contributed by atoms with van der Waals surface area (Å²) in [5, 5.41) is 29.4. The Balaban J connectivity index is 1.39. The molecule has 3 heterocycles. The van der Waals surface area contributed by atoms with Gasteiger partial charge in [-0.2, -0.15) is 0 Å². The Hall–Kier alpha value is -4.40. The molecule has 0 saturated carbocycles. The quantitative estimate of drug-likeness (QED) is 0.164. The molecule has 0 unspecified atom stereocenters. The van der Waals surface area contributed by atoms with E-state index in [2.05, 4.69) is 20.6 Å². The van der Waals surface area contributed by atoms with Crippen LogP contribution >= 0.6 is 12.2 Å². The Bertz CT molecular complexity index is 1790. The van der Waals surface area contributed by atoms with E-state index in [1.165, 1.54) is 13.3 Å². The Labute approximate surface area is 245 Å². The van der Waals surface area contributed by atoms with Crippen molar-refractivity contribution in [3.8, 4) is 5.88 Å². The number of carboxylic acid groups (broad SMARTS) is 1. The van der Waals surface area contributed by atoms with Crippen molar-refractivity contribution in [1.29, 1.82) is 0 Å². The third kappa shape index (κ3) is 5.43. The number of carbonyl (C=O) groups is 1. The molecular weight excluding hydrogens is 565 g/mol. The maximum Gasteiger partial charge on any atom is 0.341 e. The fraction of sp³-hybridized carbons (Fsp3) is 0.321. The van der Waals surface area contributed by atoms with Crippen LogP contribution < -0.4 is 15.8 Å². The Kier molecular flexibility index (Phi) is 8.20. The molecule has 3 N–H and O–H groups in total. The number of piperazine rings is 1. The lowest BCUT2D eigenvalue weighted by molar-refractivity contribution is 0.0695. The van der Waals surface area contributed by atoms with Crippen molar-refractivity contribution in [1.82, 2.24) is 19.5 Å². The number of carboxylic acids is 1. The Morgan fingerprint density at radius 3 is 2.55 bits per heavy atom. The van der Waals surface area contributed by atoms with Crippen LogP contribution in [0.4, 0.5) is 15.8 Å². The summed E-state index contributed by atoms with van der Waals surface area (Å²) in [6.45, 7) is 6.68. The molecule has 0 aliphatic carbocycles. The summed E-state index contributed by atoms with van der Waals surface area (Å²) in [7, 11) is 1.41. The number of nitrogens with zero attached hydrogens (tertiary/aromatic N) is 6. The fourth-order valence-electron chi connectivity index (χ4n) is 5.27. The third-order valence-electron chi connectivity index (χ3n) is 7.37. The number of fused-ring (bicyclic) bond motifs is 2. The van der Waals surface area contributed by atoms with Crippen LogP contribution in [0.1, 0.15) is 22.8 Å². The predicted molar refractivity (Wildman–Crippen MR) is 160 cm³/mol. The number of pyridine rings is 1. The zero-order valence-corrected chi connectivity index (χ0v) is 24.1. The summed E-state index contributed by atoms with van der Waals surface area (Å²) >= 11 is 5.04. The minimum Gasteiger partial charge on any atom is -0.493 e. The summed E-state index contributed by atoms with van der Waals surface area (Å²) < 4.78 is 18.7. The molecule has 0 spiro atoms. The standard InChI is InChI=1S/C28H30FN7O5S/c1-4-34-14-19(27(39)40)25(37)18-12-20(29)23(13-22(18)34)35-9-7-33(8-10-35)15-36-21-6-5-16(2)11-17(21)24(26(36)38)30-31-28(42)32-41-3/h5-6,11-14,38H,4,7-10,15H2,1-3H3,(H,32,42)(H,39,40). The zero-order valence-electron chi connectivity index (χ0n) is 23.3. The predicted octanol–water partition coefficient (Wildman–Crippen LogP) is 4.13. The van der Waals surface area contributed by atoms with Gasteiger partial charge in [0.15, 0.2) is 5.69 Å². The number of rotatable bonds is 7. The second-order valence-electron chi connectivity index (χ2n) is 9.96. The van der Waals surface area contributed by atoms with Gasteiger partial charge in [0.05, 0.1) is 30.5 Å². The molecule has 0 amide bonds. The number of hydrogen-bond acceptors (Lipinski definition) is 8. The molecule has 1 saturated heterocycles. The molecule has 42 heavy (non-hydrogen) atoms. The van der Waals surface area contributed by atoms with Crippen LogP contribution in [0.15, 0.2) is 51.6 Å². The van der Waals surface area contributed by atoms with Gasteiger partial charge < -0.3 is 19.7 Å². The number of aryl methyl sites for hydroxylation is 2. The molecule has 0 bridgehead atoms. The van der Waals surface area contributed by atoms with Gasteiger partial charge in [-0.25, -0.2) is 14.7 Å². The molecule has 2 aromatic carbocycles. The highest BCUT2D eigenvalue weighted by Gasteiger charge is 2.25. The molecule has 1 fully saturated rings. The SMILES string of the molecule is CCn1cc(C(=O)O)c(=O)c2cc(F)c(N3CCN(Cn4c(O)c(N=NC(=S)NOC)c5cc(C)ccc54)CC3)cc21. The van der Waals surface area contributed by atoms with Crippen molar-refractivity contribution in [2.45, 2.75) is 27.1 Å². The van der Waals surface area contributed by atoms with Gasteiger partial charge in [0.25, 0.3) is 0 Å². The van der Waals surface area contributed by atoms with E-state index in [-0.39, 0.29) is 21.9 Å². The van der Waals surface area contributed by atoms with Gasteiger partial charge in [-0.15, -0.1) is 10.2 Å². The number of azo groups is 1. The largest absolute Gasteiger partial charge is 0.493 e. The lowest BCUT2D eigenvalue weighted by Gasteiger charge is -2.36. The smallest absolute Gasteiger partial charge is 0.341 e. The molecule has 1 aliphatic heterocycles. The number of anilines is 1. The second kappa shape index (κ2) is 11.8. The van der Waals surface area contributed by atoms with Crippen molar-refractivity contribution in [3.05, 3.63) is 63.7 Å². The molecule has 2 aromatic heterocycles. The van der Waals surface area contributed by atoms with Gasteiger partial charge in [-0.3, -0.25) is 19.1 Å². The van der Waals surface area contributed by atoms with Crippen molar-refractivity contribution >= 4 is 56.5 Å². The molecule has 0 atom stereocenters. The van der Waals surface area contributed by atoms with Crippen LogP contribution in [0.3, 0.4) is 0 Å². The number of benzene rings is 2. The van der Waals surface area contributed by atoms with Gasteiger partial charge in [0, 0.05) is 49.7 Å². The first-order chi connectivity index (χ1) is 20.1. The van der Waals surface area contributed by atoms with Crippen molar-refractivity contribution < 1.29 is 24.2 Å². The molecule has 220 valence electrons. The molecule has 1 aliphatic rings. The normalized spacial score (nSPS) is 14.3. The lowest BCUT2D eigenvalue weighted by atomic mass is 10.1. The fourth-order valence-corrected chi connectivity index (χ4v) is 5.39. The first-order valence-electron chi connectivity index (χ1n) is 13.3. The van der Waals surface area contributed by atoms with E-state index < -0.39 is 17.2 Å². The summed E-state index contributed by atoms with van der Waals surface area (Å²) in [6.07, 6.45) is 1.30. The van der Waals surface area contributed by atoms with E-state index in [0.29, 0.717) is 56.3 Å². The highest BCUT2D eigenvalue weighted by Crippen LogP contribution is 2.39. The Morgan fingerprint density at radius 2 is 1.88 bits per heavy atom. The first kappa shape index (κ1) is 29.1. The molecular formula is C28H30FN7O5S. The first-order valence-corrected chi connectivity index (χ1v) is 13.7. The van der Waals surface area contributed by atoms with Crippen LogP contribution in [0.25, 0.3) is 21.8 Å². The molecule has 5 rings (SSSR count). The van der Waals surface area contributed by atoms with E-state index in [9.17, 15) is 19.8 Å². The zero-order chi connectivity index (χ0) is 30.1. The number of halogens is 1. The summed E-state index contributed by atoms with van der Waals surface area (Å²) in [5.41, 5.74) is 4.21. The highest BCUT2D eigenvalue weighted by molar-refractivity contribution is 7.80. The van der Waals surface area contributed by atoms with Crippen LogP contribution in [0.2, 0.25) is 0 Å². The van der Waals surface area contributed by atoms with Crippen LogP contribution in [-0.2, 0) is 18.1 Å². The van der Waals surface area contributed by atoms with Gasteiger partial charge >= 0.3 is 5.97 Å². The summed E-state index contributed by atoms with van der Waals surface area (Å²) in [5.74, 6) is -1.98. The number of thiocarbonyl (C=S) groups is 1. The number of aromatic carboxylic acids is 1. The van der Waals surface area contributed by atoms with Crippen molar-refractivity contribution in [2.24, 2.45) is 10.2 Å². The van der Waals surface area contributed by atoms with E-state index in [1.54, 1.807) is 15.2 Å². The number of aromatic nitrogens is 2. The number of nitrogens with one attached hydrogen (secondary N) is 1. The maximum absolute atomic E-state index is 15.3.